The lowest BCUT2D eigenvalue weighted by atomic mass is 9.81. The highest BCUT2D eigenvalue weighted by Crippen LogP contribution is 2.10. The van der Waals surface area contributed by atoms with E-state index in [0.29, 0.717) is 6.20 Å². The van der Waals surface area contributed by atoms with Gasteiger partial charge in [0, 0.05) is 6.20 Å². The van der Waals surface area contributed by atoms with Gasteiger partial charge in [0.05, 0.1) is 0 Å². The topological polar surface area (TPSA) is 26.0 Å². The third-order valence-corrected chi connectivity index (χ3v) is 1.14. The van der Waals surface area contributed by atoms with E-state index in [1.165, 1.54) is 6.92 Å². The average Bonchev–Trinajstić information content (AvgIpc) is 2.11. The summed E-state index contributed by atoms with van der Waals surface area (Å²) in [6.07, 6.45) is 0.690. The van der Waals surface area contributed by atoms with Gasteiger partial charge in [0.25, 0.3) is 0 Å². The Morgan fingerprint density at radius 3 is 2.30 bits per heavy atom. The third kappa shape index (κ3) is 1.15. The van der Waals surface area contributed by atoms with Gasteiger partial charge in [-0.15, -0.1) is 0 Å². The van der Waals surface area contributed by atoms with Crippen molar-refractivity contribution in [2.45, 2.75) is 6.92 Å². The first-order valence-electron chi connectivity index (χ1n) is 2.63. The van der Waals surface area contributed by atoms with Gasteiger partial charge in [-0.05, 0) is 12.4 Å². The number of aryl methyl sites for hydroxylation is 1. The predicted molar refractivity (Wildman–Crippen MR) is 30.0 cm³/mol. The molecule has 1 aromatic rings. The van der Waals surface area contributed by atoms with Crippen LogP contribution in [-0.2, 0) is 0 Å². The van der Waals surface area contributed by atoms with Gasteiger partial charge in [0.15, 0.2) is 0 Å². The summed E-state index contributed by atoms with van der Waals surface area (Å²) in [5.74, 6) is -0.174. The molecule has 0 amide bonds. The number of rotatable bonds is 1. The van der Waals surface area contributed by atoms with Crippen LogP contribution in [0.25, 0.3) is 0 Å². The van der Waals surface area contributed by atoms with Gasteiger partial charge in [-0.3, -0.25) is 0 Å². The maximum Gasteiger partial charge on any atom is 0.514 e. The monoisotopic (exact) mass is 150 g/mol. The van der Waals surface area contributed by atoms with E-state index in [1.54, 1.807) is 0 Å². The van der Waals surface area contributed by atoms with Crippen molar-refractivity contribution in [1.82, 2.24) is 5.16 Å². The molecule has 0 atom stereocenters. The summed E-state index contributed by atoms with van der Waals surface area (Å²) in [5, 5.41) is 3.01. The molecule has 0 unspecified atom stereocenters. The Balaban J connectivity index is 3.05. The zero-order valence-corrected chi connectivity index (χ0v) is 5.14. The molecule has 0 radical (unpaired) electrons. The van der Waals surface area contributed by atoms with Crippen LogP contribution < -0.4 is 5.46 Å². The van der Waals surface area contributed by atoms with Crippen LogP contribution in [-0.4, -0.2) is 12.1 Å². The van der Waals surface area contributed by atoms with Gasteiger partial charge in [-0.25, -0.2) is 0 Å². The van der Waals surface area contributed by atoms with Crippen LogP contribution in [0.1, 0.15) is 5.76 Å². The Morgan fingerprint density at radius 2 is 2.10 bits per heavy atom. The van der Waals surface area contributed by atoms with E-state index in [-0.39, 0.29) is 5.76 Å². The first kappa shape index (κ1) is 7.18. The zero-order valence-electron chi connectivity index (χ0n) is 5.14. The summed E-state index contributed by atoms with van der Waals surface area (Å²) >= 11 is 0. The molecule has 0 saturated heterocycles. The molecule has 6 heteroatoms. The molecule has 1 rings (SSSR count). The second-order valence-electron chi connectivity index (χ2n) is 1.91. The van der Waals surface area contributed by atoms with E-state index >= 15 is 0 Å². The highest BCUT2D eigenvalue weighted by Gasteiger charge is 2.29. The number of hydrogen-bond donors (Lipinski definition) is 0. The van der Waals surface area contributed by atoms with Crippen LogP contribution in [0.2, 0.25) is 0 Å². The predicted octanol–water partition coefficient (Wildman–Crippen LogP) is 1.04. The summed E-state index contributed by atoms with van der Waals surface area (Å²) in [4.78, 5) is 0. The summed E-state index contributed by atoms with van der Waals surface area (Å²) in [5.41, 5.74) is -0.750. The summed E-state index contributed by atoms with van der Waals surface area (Å²) in [6, 6.07) is 0. The Kier molecular flexibility index (Phi) is 1.46. The fraction of sp³-hybridized carbons (Fsp3) is 0.250. The van der Waals surface area contributed by atoms with Crippen molar-refractivity contribution in [1.29, 1.82) is 0 Å². The van der Waals surface area contributed by atoms with Crippen LogP contribution in [0.4, 0.5) is 12.9 Å². The average molecular weight is 150 g/mol. The summed E-state index contributed by atoms with van der Waals surface area (Å²) in [7, 11) is 0. The van der Waals surface area contributed by atoms with Gasteiger partial charge >= 0.3 is 6.98 Å². The van der Waals surface area contributed by atoms with Gasteiger partial charge in [-0.2, -0.15) is 0 Å². The van der Waals surface area contributed by atoms with Gasteiger partial charge < -0.3 is 17.5 Å². The fourth-order valence-electron chi connectivity index (χ4n) is 0.621. The molecule has 56 valence electrons. The van der Waals surface area contributed by atoms with Crippen molar-refractivity contribution in [3.8, 4) is 0 Å². The summed E-state index contributed by atoms with van der Waals surface area (Å²) in [6.45, 7) is -3.71. The van der Waals surface area contributed by atoms with Gasteiger partial charge in [-0.1, -0.05) is 5.16 Å². The fourth-order valence-corrected chi connectivity index (χ4v) is 0.621. The van der Waals surface area contributed by atoms with E-state index in [0.717, 1.165) is 0 Å². The molecule has 0 N–H and O–H groups in total. The van der Waals surface area contributed by atoms with E-state index in [2.05, 4.69) is 9.68 Å². The quantitative estimate of drug-likeness (QED) is 0.558. The molecule has 0 aliphatic heterocycles. The number of hydrogen-bond acceptors (Lipinski definition) is 2. The van der Waals surface area contributed by atoms with Crippen LogP contribution in [0.15, 0.2) is 10.7 Å². The van der Waals surface area contributed by atoms with Gasteiger partial charge in [0.2, 0.25) is 0 Å². The summed E-state index contributed by atoms with van der Waals surface area (Å²) < 4.78 is 39.8. The number of nitrogens with zero attached hydrogens (tertiary/aromatic N) is 1. The lowest BCUT2D eigenvalue weighted by Crippen LogP contribution is -2.34. The zero-order chi connectivity index (χ0) is 7.78. The molecule has 0 spiro atoms. The van der Waals surface area contributed by atoms with Crippen LogP contribution in [0.3, 0.4) is 0 Å². The molecular formula is C4H4BF3NO-. The molecule has 0 bridgehead atoms. The van der Waals surface area contributed by atoms with Crippen molar-refractivity contribution < 1.29 is 17.5 Å². The molecule has 1 aromatic heterocycles. The second-order valence-corrected chi connectivity index (χ2v) is 1.91. The molecule has 1 heterocycles. The van der Waals surface area contributed by atoms with Crippen LogP contribution in [0.5, 0.6) is 0 Å². The maximum absolute atomic E-state index is 11.8. The van der Waals surface area contributed by atoms with Crippen molar-refractivity contribution >= 4 is 12.4 Å². The largest absolute Gasteiger partial charge is 0.514 e. The second kappa shape index (κ2) is 2.03. The van der Waals surface area contributed by atoms with E-state index in [1.807, 2.05) is 0 Å². The normalized spacial score (nSPS) is 12.0. The minimum atomic E-state index is -4.95. The van der Waals surface area contributed by atoms with E-state index in [9.17, 15) is 12.9 Å². The Morgan fingerprint density at radius 1 is 1.50 bits per heavy atom. The van der Waals surface area contributed by atoms with E-state index in [4.69, 9.17) is 0 Å². The SMILES string of the molecule is Cc1oncc1[B-](F)(F)F. The highest BCUT2D eigenvalue weighted by molar-refractivity contribution is 6.73. The lowest BCUT2D eigenvalue weighted by molar-refractivity contribution is 0.397. The Bertz CT molecular complexity index is 231. The molecule has 10 heavy (non-hydrogen) atoms. The molecule has 0 fully saturated rings. The third-order valence-electron chi connectivity index (χ3n) is 1.14. The standard InChI is InChI=1S/C4H4BF3NO/c1-3-4(2-9-10-3)5(6,7)8/h2H,1H3/q-1. The highest BCUT2D eigenvalue weighted by atomic mass is 19.4. The first-order valence-corrected chi connectivity index (χ1v) is 2.63. The number of aromatic nitrogens is 1. The van der Waals surface area contributed by atoms with E-state index < -0.39 is 12.4 Å². The maximum atomic E-state index is 11.8. The minimum absolute atomic E-state index is 0.174. The van der Waals surface area contributed by atoms with Gasteiger partial charge in [0.1, 0.15) is 5.76 Å². The molecule has 0 aliphatic carbocycles. The molecule has 0 aromatic carbocycles. The molecule has 0 aliphatic rings. The smallest absolute Gasteiger partial charge is 0.445 e. The first-order chi connectivity index (χ1) is 4.52. The lowest BCUT2D eigenvalue weighted by Gasteiger charge is -2.10. The Labute approximate surface area is 55.1 Å². The molecular weight excluding hydrogens is 146 g/mol. The Hall–Kier alpha value is -0.935. The van der Waals surface area contributed by atoms with Crippen molar-refractivity contribution in [2.75, 3.05) is 0 Å². The van der Waals surface area contributed by atoms with Crippen LogP contribution in [0, 0.1) is 6.92 Å². The molecule has 2 nitrogen and oxygen atoms in total. The van der Waals surface area contributed by atoms with Crippen molar-refractivity contribution in [3.63, 3.8) is 0 Å². The van der Waals surface area contributed by atoms with Crippen LogP contribution >= 0.6 is 0 Å². The van der Waals surface area contributed by atoms with Crippen molar-refractivity contribution in [3.05, 3.63) is 12.0 Å². The number of halogens is 3. The molecule has 0 saturated carbocycles. The minimum Gasteiger partial charge on any atom is -0.445 e. The van der Waals surface area contributed by atoms with Crippen molar-refractivity contribution in [2.24, 2.45) is 0 Å².